The Morgan fingerprint density at radius 3 is 3.00 bits per heavy atom. The predicted octanol–water partition coefficient (Wildman–Crippen LogP) is 2.45. The molecule has 5 heterocycles. The van der Waals surface area contributed by atoms with E-state index in [1.54, 1.807) is 17.1 Å². The van der Waals surface area contributed by atoms with Gasteiger partial charge in [0.25, 0.3) is 0 Å². The number of aromatic nitrogens is 6. The standard InChI is InChI=1S/C22H21FN8O2S/c23-18-2-1-16(12-34(32)33)29-22(18)30-8-5-14(10-30)19(3-6-24)31-11-15(9-28-31)20-17-4-7-25-21(17)27-13-26-20/h1-2,4,7,9,11,13-14,19,34H,3,5,8,10,12H2,(H,25,26,27). The van der Waals surface area contributed by atoms with Crippen molar-refractivity contribution in [2.75, 3.05) is 18.0 Å². The molecule has 1 aliphatic heterocycles. The molecule has 1 N–H and O–H groups in total. The van der Waals surface area contributed by atoms with E-state index in [9.17, 15) is 18.1 Å². The molecule has 174 valence electrons. The van der Waals surface area contributed by atoms with Gasteiger partial charge in [0.15, 0.2) is 11.6 Å². The smallest absolute Gasteiger partial charge is 0.165 e. The highest BCUT2D eigenvalue weighted by Crippen LogP contribution is 2.34. The maximum Gasteiger partial charge on any atom is 0.165 e. The van der Waals surface area contributed by atoms with Crippen LogP contribution in [0.4, 0.5) is 10.2 Å². The summed E-state index contributed by atoms with van der Waals surface area (Å²) in [6.07, 6.45) is 7.86. The Morgan fingerprint density at radius 1 is 1.29 bits per heavy atom. The van der Waals surface area contributed by atoms with E-state index in [-0.39, 0.29) is 30.0 Å². The third-order valence-corrected chi connectivity index (χ3v) is 6.70. The van der Waals surface area contributed by atoms with Gasteiger partial charge in [0.05, 0.1) is 41.9 Å². The highest BCUT2D eigenvalue weighted by molar-refractivity contribution is 7.71. The molecule has 34 heavy (non-hydrogen) atoms. The van der Waals surface area contributed by atoms with Gasteiger partial charge in [-0.1, -0.05) is 0 Å². The van der Waals surface area contributed by atoms with Gasteiger partial charge < -0.3 is 9.88 Å². The number of thiol groups is 1. The summed E-state index contributed by atoms with van der Waals surface area (Å²) in [6, 6.07) is 6.57. The summed E-state index contributed by atoms with van der Waals surface area (Å²) >= 11 is 0. The molecule has 2 atom stereocenters. The number of anilines is 1. The van der Waals surface area contributed by atoms with E-state index >= 15 is 0 Å². The Morgan fingerprint density at radius 2 is 2.18 bits per heavy atom. The lowest BCUT2D eigenvalue weighted by atomic mass is 9.96. The predicted molar refractivity (Wildman–Crippen MR) is 123 cm³/mol. The molecule has 0 bridgehead atoms. The largest absolute Gasteiger partial charge is 0.354 e. The van der Waals surface area contributed by atoms with Crippen molar-refractivity contribution in [2.45, 2.75) is 24.6 Å². The van der Waals surface area contributed by atoms with Crippen LogP contribution in [-0.4, -0.2) is 51.2 Å². The molecule has 10 nitrogen and oxygen atoms in total. The van der Waals surface area contributed by atoms with Crippen molar-refractivity contribution >= 4 is 27.6 Å². The summed E-state index contributed by atoms with van der Waals surface area (Å²) in [7, 11) is -2.65. The Balaban J connectivity index is 1.39. The second kappa shape index (κ2) is 9.18. The summed E-state index contributed by atoms with van der Waals surface area (Å²) in [4.78, 5) is 17.7. The van der Waals surface area contributed by atoms with Gasteiger partial charge in [0.1, 0.15) is 22.7 Å². The molecule has 0 aliphatic carbocycles. The van der Waals surface area contributed by atoms with Crippen LogP contribution in [0.3, 0.4) is 0 Å². The number of hydrogen-bond acceptors (Lipinski definition) is 8. The number of nitrogens with zero attached hydrogens (tertiary/aromatic N) is 7. The minimum Gasteiger partial charge on any atom is -0.354 e. The van der Waals surface area contributed by atoms with E-state index in [1.807, 2.05) is 17.2 Å². The number of aromatic amines is 1. The molecule has 0 amide bonds. The molecule has 0 saturated carbocycles. The summed E-state index contributed by atoms with van der Waals surface area (Å²) < 4.78 is 38.4. The van der Waals surface area contributed by atoms with Crippen LogP contribution in [0.1, 0.15) is 24.6 Å². The van der Waals surface area contributed by atoms with Gasteiger partial charge in [-0.15, -0.1) is 0 Å². The van der Waals surface area contributed by atoms with Gasteiger partial charge in [-0.25, -0.2) is 27.8 Å². The van der Waals surface area contributed by atoms with Gasteiger partial charge in [-0.05, 0) is 24.6 Å². The van der Waals surface area contributed by atoms with Gasteiger partial charge in [-0.3, -0.25) is 4.68 Å². The number of fused-ring (bicyclic) bond motifs is 1. The van der Waals surface area contributed by atoms with Crippen molar-refractivity contribution < 1.29 is 12.8 Å². The molecule has 1 saturated heterocycles. The molecular weight excluding hydrogens is 459 g/mol. The van der Waals surface area contributed by atoms with Crippen LogP contribution >= 0.6 is 0 Å². The third-order valence-electron chi connectivity index (χ3n) is 6.11. The Bertz CT molecular complexity index is 1450. The normalized spacial score (nSPS) is 16.9. The van der Waals surface area contributed by atoms with E-state index in [4.69, 9.17) is 0 Å². The van der Waals surface area contributed by atoms with Crippen molar-refractivity contribution in [3.8, 4) is 17.3 Å². The zero-order valence-corrected chi connectivity index (χ0v) is 18.9. The van der Waals surface area contributed by atoms with E-state index in [1.165, 1.54) is 18.5 Å². The fourth-order valence-corrected chi connectivity index (χ4v) is 4.96. The van der Waals surface area contributed by atoms with E-state index < -0.39 is 16.5 Å². The molecule has 0 aromatic carbocycles. The summed E-state index contributed by atoms with van der Waals surface area (Å²) in [6.45, 7) is 1.03. The van der Waals surface area contributed by atoms with Crippen molar-refractivity contribution in [1.29, 1.82) is 5.26 Å². The molecule has 1 aliphatic rings. The monoisotopic (exact) mass is 480 g/mol. The van der Waals surface area contributed by atoms with Crippen LogP contribution in [0.5, 0.6) is 0 Å². The summed E-state index contributed by atoms with van der Waals surface area (Å²) in [5, 5.41) is 14.9. The molecule has 4 aromatic heterocycles. The average Bonchev–Trinajstić information content (AvgIpc) is 3.58. The lowest BCUT2D eigenvalue weighted by molar-refractivity contribution is 0.331. The van der Waals surface area contributed by atoms with Crippen molar-refractivity contribution in [3.05, 3.63) is 54.6 Å². The number of hydrogen-bond donors (Lipinski definition) is 2. The maximum absolute atomic E-state index is 14.5. The number of rotatable bonds is 7. The van der Waals surface area contributed by atoms with E-state index in [0.717, 1.165) is 28.7 Å². The number of H-pyrrole nitrogens is 1. The first-order valence-corrected chi connectivity index (χ1v) is 12.1. The summed E-state index contributed by atoms with van der Waals surface area (Å²) in [5.74, 6) is -0.552. The van der Waals surface area contributed by atoms with E-state index in [0.29, 0.717) is 18.8 Å². The van der Waals surface area contributed by atoms with Crippen LogP contribution < -0.4 is 4.90 Å². The molecule has 2 unspecified atom stereocenters. The number of nitrogens with one attached hydrogen (secondary N) is 1. The van der Waals surface area contributed by atoms with Crippen LogP contribution in [0.15, 0.2) is 43.1 Å². The average molecular weight is 481 g/mol. The number of pyridine rings is 1. The number of nitriles is 1. The SMILES string of the molecule is N#CCC(C1CCN(c2nc(C[SH](=O)=O)ccc2F)C1)n1cc(-c2ncnc3[nH]ccc23)cn1. The van der Waals surface area contributed by atoms with E-state index in [2.05, 4.69) is 31.1 Å². The third kappa shape index (κ3) is 4.22. The topological polar surface area (TPSA) is 133 Å². The molecule has 0 spiro atoms. The highest BCUT2D eigenvalue weighted by atomic mass is 32.2. The van der Waals surface area contributed by atoms with Gasteiger partial charge in [0, 0.05) is 42.4 Å². The minimum atomic E-state index is -2.65. The first-order chi connectivity index (χ1) is 16.5. The molecule has 5 rings (SSSR count). The molecular formula is C22H21FN8O2S. The van der Waals surface area contributed by atoms with Crippen molar-refractivity contribution in [2.24, 2.45) is 5.92 Å². The molecule has 4 aromatic rings. The van der Waals surface area contributed by atoms with Gasteiger partial charge in [-0.2, -0.15) is 10.4 Å². The Kier molecular flexibility index (Phi) is 5.93. The van der Waals surface area contributed by atoms with Crippen LogP contribution in [-0.2, 0) is 16.5 Å². The highest BCUT2D eigenvalue weighted by Gasteiger charge is 2.33. The second-order valence-corrected chi connectivity index (χ2v) is 9.18. The maximum atomic E-state index is 14.5. The quantitative estimate of drug-likeness (QED) is 0.385. The van der Waals surface area contributed by atoms with Crippen molar-refractivity contribution in [3.63, 3.8) is 0 Å². The Hall–Kier alpha value is -3.85. The molecule has 12 heteroatoms. The van der Waals surface area contributed by atoms with Gasteiger partial charge in [0.2, 0.25) is 0 Å². The van der Waals surface area contributed by atoms with Crippen LogP contribution in [0, 0.1) is 23.1 Å². The van der Waals surface area contributed by atoms with Crippen LogP contribution in [0.25, 0.3) is 22.3 Å². The molecule has 0 radical (unpaired) electrons. The zero-order chi connectivity index (χ0) is 23.7. The zero-order valence-electron chi connectivity index (χ0n) is 18.0. The first-order valence-electron chi connectivity index (χ1n) is 10.7. The lowest BCUT2D eigenvalue weighted by Gasteiger charge is -2.23. The fourth-order valence-electron chi connectivity index (χ4n) is 4.52. The fraction of sp³-hybridized carbons (Fsp3) is 0.318. The summed E-state index contributed by atoms with van der Waals surface area (Å²) in [5.41, 5.74) is 2.61. The second-order valence-electron chi connectivity index (χ2n) is 8.19. The first kappa shape index (κ1) is 22.0. The van der Waals surface area contributed by atoms with Crippen LogP contribution in [0.2, 0.25) is 0 Å². The lowest BCUT2D eigenvalue weighted by Crippen LogP contribution is -2.26. The minimum absolute atomic E-state index is 0.0334. The Labute approximate surface area is 196 Å². The molecule has 1 fully saturated rings. The van der Waals surface area contributed by atoms with Gasteiger partial charge >= 0.3 is 0 Å². The van der Waals surface area contributed by atoms with Crippen molar-refractivity contribution in [1.82, 2.24) is 29.7 Å². The number of halogens is 1.